The number of carboxylic acids is 1. The second kappa shape index (κ2) is 7.82. The zero-order valence-corrected chi connectivity index (χ0v) is 12.9. The van der Waals surface area contributed by atoms with E-state index >= 15 is 0 Å². The molecule has 2 aromatic carbocycles. The van der Waals surface area contributed by atoms with E-state index in [0.717, 1.165) is 0 Å². The number of phenols is 1. The average Bonchev–Trinajstić information content (AvgIpc) is 2.58. The molecule has 6 heteroatoms. The summed E-state index contributed by atoms with van der Waals surface area (Å²) >= 11 is 0. The number of ketones is 1. The van der Waals surface area contributed by atoms with Gasteiger partial charge in [-0.3, -0.25) is 4.79 Å². The second-order valence-corrected chi connectivity index (χ2v) is 4.84. The van der Waals surface area contributed by atoms with Gasteiger partial charge in [0.15, 0.2) is 23.9 Å². The van der Waals surface area contributed by atoms with Gasteiger partial charge in [0.2, 0.25) is 0 Å². The highest BCUT2D eigenvalue weighted by Crippen LogP contribution is 2.28. The van der Waals surface area contributed by atoms with Crippen LogP contribution in [0, 0.1) is 0 Å². The van der Waals surface area contributed by atoms with Crippen molar-refractivity contribution in [3.63, 3.8) is 0 Å². The third-order valence-electron chi connectivity index (χ3n) is 3.12. The summed E-state index contributed by atoms with van der Waals surface area (Å²) in [7, 11) is 1.44. The number of rotatable bonds is 7. The Morgan fingerprint density at radius 3 is 2.42 bits per heavy atom. The molecule has 0 aliphatic carbocycles. The van der Waals surface area contributed by atoms with Gasteiger partial charge in [0.1, 0.15) is 5.75 Å². The summed E-state index contributed by atoms with van der Waals surface area (Å²) in [6.45, 7) is -0.467. The molecule has 6 nitrogen and oxygen atoms in total. The van der Waals surface area contributed by atoms with Crippen LogP contribution in [0.1, 0.15) is 15.9 Å². The fraction of sp³-hybridized carbons (Fsp3) is 0.111. The van der Waals surface area contributed by atoms with E-state index in [1.807, 2.05) is 0 Å². The summed E-state index contributed by atoms with van der Waals surface area (Å²) in [6, 6.07) is 10.8. The molecule has 2 rings (SSSR count). The zero-order chi connectivity index (χ0) is 17.5. The topological polar surface area (TPSA) is 93.1 Å². The molecule has 0 unspecified atom stereocenters. The largest absolute Gasteiger partial charge is 0.508 e. The standard InChI is InChI=1S/C18H16O6/c1-23-17-10-12(3-9-16(17)24-11-18(21)22)2-8-15(20)13-4-6-14(19)7-5-13/h2-10,19H,11H2,1H3,(H,21,22)/b8-2+. The fourth-order valence-corrected chi connectivity index (χ4v) is 1.94. The third-order valence-corrected chi connectivity index (χ3v) is 3.12. The Morgan fingerprint density at radius 2 is 1.79 bits per heavy atom. The maximum atomic E-state index is 12.0. The Labute approximate surface area is 138 Å². The number of benzene rings is 2. The minimum absolute atomic E-state index is 0.0946. The molecule has 0 fully saturated rings. The SMILES string of the molecule is COc1cc(/C=C/C(=O)c2ccc(O)cc2)ccc1OCC(=O)O. The van der Waals surface area contributed by atoms with E-state index < -0.39 is 12.6 Å². The molecule has 0 aromatic heterocycles. The fourth-order valence-electron chi connectivity index (χ4n) is 1.94. The van der Waals surface area contributed by atoms with E-state index in [4.69, 9.17) is 14.6 Å². The van der Waals surface area contributed by atoms with Gasteiger partial charge >= 0.3 is 5.97 Å². The first-order valence-electron chi connectivity index (χ1n) is 7.03. The predicted molar refractivity (Wildman–Crippen MR) is 87.6 cm³/mol. The van der Waals surface area contributed by atoms with Crippen molar-refractivity contribution in [2.24, 2.45) is 0 Å². The number of carbonyl (C=O) groups excluding carboxylic acids is 1. The first kappa shape index (κ1) is 17.1. The summed E-state index contributed by atoms with van der Waals surface area (Å²) < 4.78 is 10.3. The number of ether oxygens (including phenoxy) is 2. The van der Waals surface area contributed by atoms with Crippen LogP contribution in [0.3, 0.4) is 0 Å². The third kappa shape index (κ3) is 4.61. The second-order valence-electron chi connectivity index (χ2n) is 4.84. The number of hydrogen-bond donors (Lipinski definition) is 2. The van der Waals surface area contributed by atoms with Gasteiger partial charge in [-0.2, -0.15) is 0 Å². The number of allylic oxidation sites excluding steroid dienone is 1. The normalized spacial score (nSPS) is 10.5. The van der Waals surface area contributed by atoms with Gasteiger partial charge in [-0.1, -0.05) is 12.1 Å². The van der Waals surface area contributed by atoms with Crippen molar-refractivity contribution in [2.75, 3.05) is 13.7 Å². The highest BCUT2D eigenvalue weighted by Gasteiger charge is 2.07. The number of carboxylic acid groups (broad SMARTS) is 1. The van der Waals surface area contributed by atoms with Crippen molar-refractivity contribution in [3.8, 4) is 17.2 Å². The predicted octanol–water partition coefficient (Wildman–Crippen LogP) is 2.76. The molecular formula is C18H16O6. The van der Waals surface area contributed by atoms with Crippen LogP contribution in [-0.2, 0) is 4.79 Å². The van der Waals surface area contributed by atoms with Crippen LogP contribution in [0.25, 0.3) is 6.08 Å². The van der Waals surface area contributed by atoms with Crippen LogP contribution in [0.2, 0.25) is 0 Å². The molecule has 0 amide bonds. The van der Waals surface area contributed by atoms with E-state index in [0.29, 0.717) is 22.6 Å². The lowest BCUT2D eigenvalue weighted by Gasteiger charge is -2.09. The summed E-state index contributed by atoms with van der Waals surface area (Å²) in [5, 5.41) is 17.8. The molecule has 0 saturated carbocycles. The van der Waals surface area contributed by atoms with Crippen molar-refractivity contribution in [2.45, 2.75) is 0 Å². The van der Waals surface area contributed by atoms with Crippen molar-refractivity contribution < 1.29 is 29.3 Å². The van der Waals surface area contributed by atoms with Crippen LogP contribution < -0.4 is 9.47 Å². The Hall–Kier alpha value is -3.28. The quantitative estimate of drug-likeness (QED) is 0.600. The zero-order valence-electron chi connectivity index (χ0n) is 12.9. The maximum Gasteiger partial charge on any atom is 0.341 e. The van der Waals surface area contributed by atoms with Crippen molar-refractivity contribution in [1.29, 1.82) is 0 Å². The molecule has 0 heterocycles. The smallest absolute Gasteiger partial charge is 0.341 e. The molecule has 0 aliphatic rings. The van der Waals surface area contributed by atoms with Crippen LogP contribution in [-0.4, -0.2) is 35.7 Å². The first-order chi connectivity index (χ1) is 11.5. The van der Waals surface area contributed by atoms with Gasteiger partial charge in [-0.15, -0.1) is 0 Å². The number of carbonyl (C=O) groups is 2. The lowest BCUT2D eigenvalue weighted by atomic mass is 10.1. The summed E-state index contributed by atoms with van der Waals surface area (Å²) in [5.74, 6) is -0.518. The molecule has 124 valence electrons. The van der Waals surface area contributed by atoms with E-state index in [2.05, 4.69) is 0 Å². The Morgan fingerprint density at radius 1 is 1.08 bits per heavy atom. The van der Waals surface area contributed by atoms with Crippen LogP contribution >= 0.6 is 0 Å². The summed E-state index contributed by atoms with van der Waals surface area (Å²) in [4.78, 5) is 22.6. The lowest BCUT2D eigenvalue weighted by Crippen LogP contribution is -2.10. The molecule has 0 spiro atoms. The monoisotopic (exact) mass is 328 g/mol. The number of phenolic OH excluding ortho intramolecular Hbond substituents is 1. The molecule has 24 heavy (non-hydrogen) atoms. The minimum Gasteiger partial charge on any atom is -0.508 e. The number of hydrogen-bond acceptors (Lipinski definition) is 5. The van der Waals surface area contributed by atoms with Crippen LogP contribution in [0.4, 0.5) is 0 Å². The van der Waals surface area contributed by atoms with E-state index in [-0.39, 0.29) is 11.5 Å². The molecule has 0 atom stereocenters. The minimum atomic E-state index is -1.08. The molecule has 0 radical (unpaired) electrons. The Balaban J connectivity index is 2.12. The highest BCUT2D eigenvalue weighted by molar-refractivity contribution is 6.06. The van der Waals surface area contributed by atoms with Gasteiger partial charge in [0.25, 0.3) is 0 Å². The highest BCUT2D eigenvalue weighted by atomic mass is 16.5. The maximum absolute atomic E-state index is 12.0. The average molecular weight is 328 g/mol. The van der Waals surface area contributed by atoms with E-state index in [1.165, 1.54) is 37.5 Å². The van der Waals surface area contributed by atoms with Crippen LogP contribution in [0.15, 0.2) is 48.5 Å². The molecule has 0 aliphatic heterocycles. The summed E-state index contributed by atoms with van der Waals surface area (Å²) in [5.41, 5.74) is 1.15. The summed E-state index contributed by atoms with van der Waals surface area (Å²) in [6.07, 6.45) is 3.01. The van der Waals surface area contributed by atoms with E-state index in [1.54, 1.807) is 24.3 Å². The van der Waals surface area contributed by atoms with Gasteiger partial charge in [0.05, 0.1) is 7.11 Å². The van der Waals surface area contributed by atoms with Crippen molar-refractivity contribution >= 4 is 17.8 Å². The molecule has 2 N–H and O–H groups in total. The first-order valence-corrected chi connectivity index (χ1v) is 7.03. The van der Waals surface area contributed by atoms with Gasteiger partial charge in [-0.25, -0.2) is 4.79 Å². The molecule has 0 saturated heterocycles. The lowest BCUT2D eigenvalue weighted by molar-refractivity contribution is -0.139. The van der Waals surface area contributed by atoms with Gasteiger partial charge in [0, 0.05) is 5.56 Å². The Kier molecular flexibility index (Phi) is 5.57. The number of aliphatic carboxylic acids is 1. The Bertz CT molecular complexity index is 762. The van der Waals surface area contributed by atoms with Crippen molar-refractivity contribution in [1.82, 2.24) is 0 Å². The molecule has 2 aromatic rings. The van der Waals surface area contributed by atoms with E-state index in [9.17, 15) is 14.7 Å². The van der Waals surface area contributed by atoms with Crippen LogP contribution in [0.5, 0.6) is 17.2 Å². The van der Waals surface area contributed by atoms with Gasteiger partial charge in [-0.05, 0) is 48.0 Å². The number of methoxy groups -OCH3 is 1. The van der Waals surface area contributed by atoms with Crippen molar-refractivity contribution in [3.05, 3.63) is 59.7 Å². The molecule has 0 bridgehead atoms. The van der Waals surface area contributed by atoms with Gasteiger partial charge < -0.3 is 19.7 Å². The number of aromatic hydroxyl groups is 1. The molecular weight excluding hydrogens is 312 g/mol.